The summed E-state index contributed by atoms with van der Waals surface area (Å²) in [5, 5.41) is 6.33. The van der Waals surface area contributed by atoms with Gasteiger partial charge in [-0.25, -0.2) is 13.8 Å². The van der Waals surface area contributed by atoms with E-state index in [0.717, 1.165) is 17.5 Å². The first-order valence-electron chi connectivity index (χ1n) is 7.99. The van der Waals surface area contributed by atoms with Crippen LogP contribution in [0.3, 0.4) is 0 Å². The second-order valence-corrected chi connectivity index (χ2v) is 5.55. The van der Waals surface area contributed by atoms with Crippen LogP contribution in [0.2, 0.25) is 0 Å². The summed E-state index contributed by atoms with van der Waals surface area (Å²) in [6.07, 6.45) is 2.41. The van der Waals surface area contributed by atoms with Gasteiger partial charge >= 0.3 is 0 Å². The van der Waals surface area contributed by atoms with Crippen molar-refractivity contribution in [1.29, 1.82) is 0 Å². The minimum Gasteiger partial charge on any atom is -0.366 e. The molecule has 0 spiro atoms. The summed E-state index contributed by atoms with van der Waals surface area (Å²) in [6, 6.07) is 14.5. The largest absolute Gasteiger partial charge is 0.366 e. The SMILES string of the molecule is Fc1ccc(CCNc2nccc(NCc3ccc(F)cc3)n2)cc1. The lowest BCUT2D eigenvalue weighted by Crippen LogP contribution is -2.09. The molecule has 0 unspecified atom stereocenters. The highest BCUT2D eigenvalue weighted by Gasteiger charge is 2.01. The van der Waals surface area contributed by atoms with E-state index in [-0.39, 0.29) is 11.6 Å². The molecule has 0 aliphatic rings. The smallest absolute Gasteiger partial charge is 0.224 e. The highest BCUT2D eigenvalue weighted by atomic mass is 19.1. The average molecular weight is 340 g/mol. The molecule has 1 heterocycles. The number of hydrogen-bond acceptors (Lipinski definition) is 4. The van der Waals surface area contributed by atoms with E-state index >= 15 is 0 Å². The summed E-state index contributed by atoms with van der Waals surface area (Å²) in [7, 11) is 0. The third kappa shape index (κ3) is 5.24. The number of hydrogen-bond donors (Lipinski definition) is 2. The molecule has 0 fully saturated rings. The predicted molar refractivity (Wildman–Crippen MR) is 94.4 cm³/mol. The van der Waals surface area contributed by atoms with Gasteiger partial charge in [0.05, 0.1) is 0 Å². The summed E-state index contributed by atoms with van der Waals surface area (Å²) in [6.45, 7) is 1.19. The van der Waals surface area contributed by atoms with Crippen molar-refractivity contribution in [1.82, 2.24) is 9.97 Å². The van der Waals surface area contributed by atoms with E-state index in [0.29, 0.717) is 24.9 Å². The molecule has 4 nitrogen and oxygen atoms in total. The van der Waals surface area contributed by atoms with Crippen LogP contribution in [0.1, 0.15) is 11.1 Å². The van der Waals surface area contributed by atoms with Crippen LogP contribution in [0.15, 0.2) is 60.8 Å². The van der Waals surface area contributed by atoms with E-state index in [9.17, 15) is 8.78 Å². The van der Waals surface area contributed by atoms with Gasteiger partial charge in [-0.05, 0) is 47.9 Å². The third-order valence-corrected chi connectivity index (χ3v) is 3.65. The van der Waals surface area contributed by atoms with Crippen molar-refractivity contribution in [3.63, 3.8) is 0 Å². The van der Waals surface area contributed by atoms with Crippen molar-refractivity contribution in [2.75, 3.05) is 17.2 Å². The van der Waals surface area contributed by atoms with Crippen molar-refractivity contribution < 1.29 is 8.78 Å². The Morgan fingerprint density at radius 2 is 1.40 bits per heavy atom. The van der Waals surface area contributed by atoms with E-state index in [1.807, 2.05) is 0 Å². The summed E-state index contributed by atoms with van der Waals surface area (Å²) >= 11 is 0. The van der Waals surface area contributed by atoms with Gasteiger partial charge in [0, 0.05) is 19.3 Å². The zero-order valence-electron chi connectivity index (χ0n) is 13.5. The van der Waals surface area contributed by atoms with Crippen LogP contribution < -0.4 is 10.6 Å². The Morgan fingerprint density at radius 1 is 0.760 bits per heavy atom. The minimum absolute atomic E-state index is 0.236. The molecular weight excluding hydrogens is 322 g/mol. The molecule has 3 aromatic rings. The third-order valence-electron chi connectivity index (χ3n) is 3.65. The summed E-state index contributed by atoms with van der Waals surface area (Å²) in [4.78, 5) is 8.56. The summed E-state index contributed by atoms with van der Waals surface area (Å²) in [5.41, 5.74) is 2.00. The Morgan fingerprint density at radius 3 is 2.08 bits per heavy atom. The van der Waals surface area contributed by atoms with Crippen molar-refractivity contribution in [3.05, 3.63) is 83.6 Å². The first-order chi connectivity index (χ1) is 12.2. The normalized spacial score (nSPS) is 10.5. The maximum atomic E-state index is 12.9. The molecule has 0 saturated carbocycles. The van der Waals surface area contributed by atoms with Gasteiger partial charge in [-0.2, -0.15) is 4.98 Å². The van der Waals surface area contributed by atoms with Crippen molar-refractivity contribution in [2.45, 2.75) is 13.0 Å². The highest BCUT2D eigenvalue weighted by molar-refractivity contribution is 5.40. The van der Waals surface area contributed by atoms with Crippen molar-refractivity contribution in [2.24, 2.45) is 0 Å². The van der Waals surface area contributed by atoms with Crippen molar-refractivity contribution >= 4 is 11.8 Å². The second kappa shape index (κ2) is 8.19. The summed E-state index contributed by atoms with van der Waals surface area (Å²) < 4.78 is 25.8. The molecule has 0 bridgehead atoms. The molecule has 2 aromatic carbocycles. The lowest BCUT2D eigenvalue weighted by molar-refractivity contribution is 0.626. The molecule has 6 heteroatoms. The van der Waals surface area contributed by atoms with Crippen molar-refractivity contribution in [3.8, 4) is 0 Å². The molecule has 128 valence electrons. The molecule has 0 atom stereocenters. The molecule has 0 amide bonds. The predicted octanol–water partition coefficient (Wildman–Crippen LogP) is 4.02. The highest BCUT2D eigenvalue weighted by Crippen LogP contribution is 2.10. The lowest BCUT2D eigenvalue weighted by atomic mass is 10.1. The standard InChI is InChI=1S/C19H18F2N4/c20-16-5-1-14(2-6-16)9-11-22-19-23-12-10-18(25-19)24-13-15-3-7-17(21)8-4-15/h1-8,10,12H,9,11,13H2,(H2,22,23,24,25). The van der Waals surface area contributed by atoms with Gasteiger partial charge in [0.25, 0.3) is 0 Å². The fraction of sp³-hybridized carbons (Fsp3) is 0.158. The molecule has 0 aliphatic carbocycles. The Bertz CT molecular complexity index is 804. The quantitative estimate of drug-likeness (QED) is 0.682. The Balaban J connectivity index is 1.50. The number of aromatic nitrogens is 2. The Hall–Kier alpha value is -3.02. The van der Waals surface area contributed by atoms with Gasteiger partial charge in [-0.1, -0.05) is 24.3 Å². The monoisotopic (exact) mass is 340 g/mol. The van der Waals surface area contributed by atoms with E-state index in [2.05, 4.69) is 20.6 Å². The molecule has 1 aromatic heterocycles. The van der Waals surface area contributed by atoms with Gasteiger partial charge in [0.1, 0.15) is 17.5 Å². The van der Waals surface area contributed by atoms with Crippen LogP contribution in [-0.2, 0) is 13.0 Å². The van der Waals surface area contributed by atoms with Crippen LogP contribution in [0.25, 0.3) is 0 Å². The number of anilines is 2. The first-order valence-corrected chi connectivity index (χ1v) is 7.99. The molecule has 25 heavy (non-hydrogen) atoms. The maximum Gasteiger partial charge on any atom is 0.224 e. The lowest BCUT2D eigenvalue weighted by Gasteiger charge is -2.08. The van der Waals surface area contributed by atoms with Gasteiger partial charge in [-0.15, -0.1) is 0 Å². The minimum atomic E-state index is -0.251. The second-order valence-electron chi connectivity index (χ2n) is 5.55. The van der Waals surface area contributed by atoms with Gasteiger partial charge < -0.3 is 10.6 Å². The van der Waals surface area contributed by atoms with Gasteiger partial charge in [-0.3, -0.25) is 0 Å². The van der Waals surface area contributed by atoms with Crippen LogP contribution in [0.4, 0.5) is 20.5 Å². The zero-order chi connectivity index (χ0) is 17.5. The molecule has 0 radical (unpaired) electrons. The van der Waals surface area contributed by atoms with Crippen LogP contribution in [0.5, 0.6) is 0 Å². The van der Waals surface area contributed by atoms with Gasteiger partial charge in [0.2, 0.25) is 5.95 Å². The van der Waals surface area contributed by atoms with E-state index < -0.39 is 0 Å². The van der Waals surface area contributed by atoms with Crippen LogP contribution in [0, 0.1) is 11.6 Å². The molecule has 2 N–H and O–H groups in total. The van der Waals surface area contributed by atoms with Crippen LogP contribution in [-0.4, -0.2) is 16.5 Å². The zero-order valence-corrected chi connectivity index (χ0v) is 13.5. The molecule has 0 saturated heterocycles. The number of nitrogens with zero attached hydrogens (tertiary/aromatic N) is 2. The Kier molecular flexibility index (Phi) is 5.51. The molecular formula is C19H18F2N4. The van der Waals surface area contributed by atoms with Crippen LogP contribution >= 0.6 is 0 Å². The summed E-state index contributed by atoms with van der Waals surface area (Å²) in [5.74, 6) is 0.716. The van der Waals surface area contributed by atoms with E-state index in [1.54, 1.807) is 36.5 Å². The fourth-order valence-corrected chi connectivity index (χ4v) is 2.31. The topological polar surface area (TPSA) is 49.8 Å². The van der Waals surface area contributed by atoms with Gasteiger partial charge in [0.15, 0.2) is 0 Å². The maximum absolute atomic E-state index is 12.9. The van der Waals surface area contributed by atoms with E-state index in [4.69, 9.17) is 0 Å². The molecule has 0 aliphatic heterocycles. The first kappa shape index (κ1) is 16.8. The van der Waals surface area contributed by atoms with E-state index in [1.165, 1.54) is 24.3 Å². The number of halogens is 2. The number of rotatable bonds is 7. The molecule has 3 rings (SSSR count). The Labute approximate surface area is 145 Å². The number of nitrogens with one attached hydrogen (secondary N) is 2. The average Bonchev–Trinajstić information content (AvgIpc) is 2.63. The fourth-order valence-electron chi connectivity index (χ4n) is 2.31. The number of benzene rings is 2.